The topological polar surface area (TPSA) is 105 Å². The van der Waals surface area contributed by atoms with Gasteiger partial charge in [-0.05, 0) is 77.0 Å². The van der Waals surface area contributed by atoms with E-state index in [0.29, 0.717) is 32.1 Å². The van der Waals surface area contributed by atoms with Gasteiger partial charge in [0, 0.05) is 32.1 Å². The van der Waals surface area contributed by atoms with Crippen LogP contribution in [0.2, 0.25) is 0 Å². The van der Waals surface area contributed by atoms with E-state index in [1.54, 1.807) is 0 Å². The summed E-state index contributed by atoms with van der Waals surface area (Å²) in [7, 11) is 0. The molecule has 0 spiro atoms. The minimum Gasteiger partial charge on any atom is -0.466 e. The molecule has 2 atom stereocenters. The zero-order valence-electron chi connectivity index (χ0n) is 42.2. The Morgan fingerprint density at radius 3 is 0.762 bits per heavy atom. The summed E-state index contributed by atoms with van der Waals surface area (Å²) >= 11 is 0. The second-order valence-electron chi connectivity index (χ2n) is 18.8. The molecule has 0 amide bonds. The molecule has 0 saturated heterocycles. The van der Waals surface area contributed by atoms with E-state index in [-0.39, 0.29) is 49.3 Å². The molecule has 0 aliphatic rings. The first-order chi connectivity index (χ1) is 30.9. The fourth-order valence-corrected chi connectivity index (χ4v) is 8.34. The zero-order chi connectivity index (χ0) is 46.1. The van der Waals surface area contributed by atoms with Gasteiger partial charge in [0.25, 0.3) is 0 Å². The lowest BCUT2D eigenvalue weighted by atomic mass is 10.0. The predicted octanol–water partition coefficient (Wildman–Crippen LogP) is 16.8. The Morgan fingerprint density at radius 1 is 0.270 bits per heavy atom. The monoisotopic (exact) mass is 893 g/mol. The average molecular weight is 893 g/mol. The summed E-state index contributed by atoms with van der Waals surface area (Å²) in [6, 6.07) is 0. The maximum atomic E-state index is 12.6. The van der Waals surface area contributed by atoms with Crippen LogP contribution in [0.4, 0.5) is 0 Å². The molecule has 0 aromatic carbocycles. The fourth-order valence-electron chi connectivity index (χ4n) is 8.34. The van der Waals surface area contributed by atoms with Crippen molar-refractivity contribution in [2.45, 2.75) is 316 Å². The molecule has 0 bridgehead atoms. The zero-order valence-corrected chi connectivity index (χ0v) is 42.2. The number of carbonyl (C=O) groups excluding carboxylic acids is 4. The first-order valence-corrected chi connectivity index (χ1v) is 27.6. The van der Waals surface area contributed by atoms with Crippen LogP contribution in [-0.4, -0.2) is 49.3 Å². The second kappa shape index (κ2) is 49.3. The molecule has 8 heteroatoms. The lowest BCUT2D eigenvalue weighted by Crippen LogP contribution is -2.18. The van der Waals surface area contributed by atoms with Crippen LogP contribution in [0.5, 0.6) is 0 Å². The maximum Gasteiger partial charge on any atom is 0.306 e. The van der Waals surface area contributed by atoms with Crippen LogP contribution in [0.15, 0.2) is 0 Å². The van der Waals surface area contributed by atoms with Crippen molar-refractivity contribution in [3.8, 4) is 0 Å². The summed E-state index contributed by atoms with van der Waals surface area (Å²) in [5.74, 6) is -0.387. The highest BCUT2D eigenvalue weighted by Crippen LogP contribution is 2.20. The SMILES string of the molecule is CCCCCCCCCC(CCCCCCCC(=O)OCCCOC(=O)CCCCCCCCC(CCCCCCCC)OC(=O)CCCCCCC)OC(=O)CCCCCCC. The molecule has 0 aromatic heterocycles. The number of carbonyl (C=O) groups is 4. The first-order valence-electron chi connectivity index (χ1n) is 27.6. The predicted molar refractivity (Wildman–Crippen MR) is 263 cm³/mol. The van der Waals surface area contributed by atoms with Crippen LogP contribution >= 0.6 is 0 Å². The molecule has 63 heavy (non-hydrogen) atoms. The molecule has 0 aromatic rings. The molecule has 372 valence electrons. The van der Waals surface area contributed by atoms with E-state index in [9.17, 15) is 19.2 Å². The number of unbranched alkanes of at least 4 members (excludes halogenated alkanes) is 28. The highest BCUT2D eigenvalue weighted by Gasteiger charge is 2.16. The molecule has 0 aliphatic heterocycles. The van der Waals surface area contributed by atoms with E-state index >= 15 is 0 Å². The number of hydrogen-bond donors (Lipinski definition) is 0. The second-order valence-corrected chi connectivity index (χ2v) is 18.8. The number of hydrogen-bond acceptors (Lipinski definition) is 8. The highest BCUT2D eigenvalue weighted by atomic mass is 16.6. The van der Waals surface area contributed by atoms with Crippen LogP contribution in [0.25, 0.3) is 0 Å². The van der Waals surface area contributed by atoms with Gasteiger partial charge < -0.3 is 18.9 Å². The smallest absolute Gasteiger partial charge is 0.306 e. The van der Waals surface area contributed by atoms with Crippen LogP contribution in [0.1, 0.15) is 304 Å². The van der Waals surface area contributed by atoms with E-state index < -0.39 is 0 Å². The molecule has 0 N–H and O–H groups in total. The number of ether oxygens (including phenoxy) is 4. The Kier molecular flexibility index (Phi) is 47.7. The highest BCUT2D eigenvalue weighted by molar-refractivity contribution is 5.70. The maximum absolute atomic E-state index is 12.6. The Morgan fingerprint density at radius 2 is 0.492 bits per heavy atom. The van der Waals surface area contributed by atoms with E-state index in [4.69, 9.17) is 18.9 Å². The van der Waals surface area contributed by atoms with Gasteiger partial charge in [-0.15, -0.1) is 0 Å². The molecule has 0 rings (SSSR count). The van der Waals surface area contributed by atoms with Gasteiger partial charge in [0.1, 0.15) is 12.2 Å². The molecule has 2 unspecified atom stereocenters. The van der Waals surface area contributed by atoms with Gasteiger partial charge in [0.15, 0.2) is 0 Å². The van der Waals surface area contributed by atoms with Gasteiger partial charge in [-0.3, -0.25) is 19.2 Å². The van der Waals surface area contributed by atoms with E-state index in [0.717, 1.165) is 135 Å². The van der Waals surface area contributed by atoms with Gasteiger partial charge >= 0.3 is 23.9 Å². The van der Waals surface area contributed by atoms with Crippen molar-refractivity contribution < 1.29 is 38.1 Å². The third kappa shape index (κ3) is 46.2. The Hall–Kier alpha value is -2.12. The normalized spacial score (nSPS) is 12.3. The third-order valence-corrected chi connectivity index (χ3v) is 12.5. The van der Waals surface area contributed by atoms with Crippen molar-refractivity contribution in [1.29, 1.82) is 0 Å². The van der Waals surface area contributed by atoms with Gasteiger partial charge in [-0.25, -0.2) is 0 Å². The minimum atomic E-state index is -0.180. The Balaban J connectivity index is 4.03. The fraction of sp³-hybridized carbons (Fsp3) is 0.927. The van der Waals surface area contributed by atoms with Crippen molar-refractivity contribution in [3.63, 3.8) is 0 Å². The molecule has 0 saturated carbocycles. The van der Waals surface area contributed by atoms with Crippen molar-refractivity contribution in [3.05, 3.63) is 0 Å². The summed E-state index contributed by atoms with van der Waals surface area (Å²) < 4.78 is 22.7. The van der Waals surface area contributed by atoms with E-state index in [2.05, 4.69) is 27.7 Å². The lowest BCUT2D eigenvalue weighted by Gasteiger charge is -2.18. The largest absolute Gasteiger partial charge is 0.466 e. The van der Waals surface area contributed by atoms with Gasteiger partial charge in [-0.1, -0.05) is 195 Å². The van der Waals surface area contributed by atoms with Gasteiger partial charge in [0.2, 0.25) is 0 Å². The van der Waals surface area contributed by atoms with E-state index in [1.165, 1.54) is 109 Å². The molecule has 8 nitrogen and oxygen atoms in total. The van der Waals surface area contributed by atoms with Crippen molar-refractivity contribution in [1.82, 2.24) is 0 Å². The summed E-state index contributed by atoms with van der Waals surface area (Å²) in [6.45, 7) is 9.48. The number of rotatable bonds is 50. The molecule has 0 heterocycles. The molecule has 0 radical (unpaired) electrons. The summed E-state index contributed by atoms with van der Waals surface area (Å²) in [6.07, 6.45) is 45.5. The molecule has 0 fully saturated rings. The quantitative estimate of drug-likeness (QED) is 0.0338. The Bertz CT molecular complexity index is 1010. The van der Waals surface area contributed by atoms with Crippen LogP contribution in [0.3, 0.4) is 0 Å². The van der Waals surface area contributed by atoms with Crippen LogP contribution in [-0.2, 0) is 38.1 Å². The molecule has 0 aliphatic carbocycles. The first kappa shape index (κ1) is 60.9. The van der Waals surface area contributed by atoms with Gasteiger partial charge in [0.05, 0.1) is 13.2 Å². The number of esters is 4. The standard InChI is InChI=1S/C55H104O8/c1-5-9-13-17-19-26-32-41-51(63-55(59)47-38-24-16-12-8-4)43-34-28-22-30-36-45-53(57)61-49-39-48-60-52(56)44-35-29-21-20-27-33-42-50(40-31-25-18-14-10-6-2)62-54(58)46-37-23-15-11-7-3/h50-51H,5-49H2,1-4H3. The lowest BCUT2D eigenvalue weighted by molar-refractivity contribution is -0.151. The van der Waals surface area contributed by atoms with Gasteiger partial charge in [-0.2, -0.15) is 0 Å². The average Bonchev–Trinajstić information content (AvgIpc) is 3.27. The summed E-state index contributed by atoms with van der Waals surface area (Å²) in [5, 5.41) is 0. The van der Waals surface area contributed by atoms with Crippen molar-refractivity contribution in [2.24, 2.45) is 0 Å². The molecular formula is C55H104O8. The Labute approximate surface area is 390 Å². The minimum absolute atomic E-state index is 0.0116. The van der Waals surface area contributed by atoms with Crippen LogP contribution < -0.4 is 0 Å². The third-order valence-electron chi connectivity index (χ3n) is 12.5. The van der Waals surface area contributed by atoms with Crippen molar-refractivity contribution >= 4 is 23.9 Å². The van der Waals surface area contributed by atoms with Crippen molar-refractivity contribution in [2.75, 3.05) is 13.2 Å². The summed E-state index contributed by atoms with van der Waals surface area (Å²) in [5.41, 5.74) is 0. The molecular weight excluding hydrogens is 789 g/mol. The summed E-state index contributed by atoms with van der Waals surface area (Å²) in [4.78, 5) is 49.5. The van der Waals surface area contributed by atoms with Crippen LogP contribution in [0, 0.1) is 0 Å². The van der Waals surface area contributed by atoms with E-state index in [1.807, 2.05) is 0 Å².